The molecule has 0 amide bonds. The van der Waals surface area contributed by atoms with Crippen molar-refractivity contribution in [1.29, 1.82) is 0 Å². The van der Waals surface area contributed by atoms with Crippen LogP contribution in [0.3, 0.4) is 0 Å². The minimum atomic E-state index is 0.0266. The SMILES string of the molecule is CC1(C)CC(N)=CC=N1. The monoisotopic (exact) mass is 124 g/mol. The number of dihydropyridines is 1. The summed E-state index contributed by atoms with van der Waals surface area (Å²) in [5.41, 5.74) is 6.53. The van der Waals surface area contributed by atoms with Crippen molar-refractivity contribution in [3.63, 3.8) is 0 Å². The van der Waals surface area contributed by atoms with Crippen LogP contribution < -0.4 is 5.73 Å². The lowest BCUT2D eigenvalue weighted by atomic mass is 9.98. The van der Waals surface area contributed by atoms with E-state index < -0.39 is 0 Å². The summed E-state index contributed by atoms with van der Waals surface area (Å²) in [6, 6.07) is 0. The van der Waals surface area contributed by atoms with Crippen LogP contribution in [-0.4, -0.2) is 11.8 Å². The molecule has 1 rings (SSSR count). The summed E-state index contributed by atoms with van der Waals surface area (Å²) in [6.07, 6.45) is 4.51. The fourth-order valence-corrected chi connectivity index (χ4v) is 0.939. The molecule has 2 heteroatoms. The fourth-order valence-electron chi connectivity index (χ4n) is 0.939. The van der Waals surface area contributed by atoms with Gasteiger partial charge in [-0.25, -0.2) is 0 Å². The lowest BCUT2D eigenvalue weighted by Gasteiger charge is -2.21. The van der Waals surface area contributed by atoms with Crippen LogP contribution in [0.25, 0.3) is 0 Å². The molecule has 0 fully saturated rings. The molecule has 0 radical (unpaired) electrons. The smallest absolute Gasteiger partial charge is 0.0606 e. The zero-order valence-corrected chi connectivity index (χ0v) is 5.89. The van der Waals surface area contributed by atoms with E-state index in [1.165, 1.54) is 0 Å². The van der Waals surface area contributed by atoms with Gasteiger partial charge >= 0.3 is 0 Å². The zero-order chi connectivity index (χ0) is 6.91. The Morgan fingerprint density at radius 1 is 1.67 bits per heavy atom. The highest BCUT2D eigenvalue weighted by Gasteiger charge is 2.17. The first-order chi connectivity index (χ1) is 4.10. The van der Waals surface area contributed by atoms with Crippen LogP contribution in [-0.2, 0) is 0 Å². The van der Waals surface area contributed by atoms with E-state index >= 15 is 0 Å². The fraction of sp³-hybridized carbons (Fsp3) is 0.571. The van der Waals surface area contributed by atoms with Crippen molar-refractivity contribution in [1.82, 2.24) is 0 Å². The van der Waals surface area contributed by atoms with Crippen molar-refractivity contribution >= 4 is 6.21 Å². The number of allylic oxidation sites excluding steroid dienone is 1. The molecule has 1 aliphatic rings. The molecule has 0 saturated carbocycles. The highest BCUT2D eigenvalue weighted by Crippen LogP contribution is 2.19. The first kappa shape index (κ1) is 6.33. The van der Waals surface area contributed by atoms with Crippen LogP contribution in [0.5, 0.6) is 0 Å². The Hall–Kier alpha value is -0.790. The predicted molar refractivity (Wildman–Crippen MR) is 39.5 cm³/mol. The minimum Gasteiger partial charge on any atom is -0.402 e. The molecule has 0 aliphatic carbocycles. The van der Waals surface area contributed by atoms with E-state index in [1.807, 2.05) is 6.08 Å². The van der Waals surface area contributed by atoms with E-state index in [-0.39, 0.29) is 5.54 Å². The number of rotatable bonds is 0. The first-order valence-corrected chi connectivity index (χ1v) is 3.10. The summed E-state index contributed by atoms with van der Waals surface area (Å²) in [5, 5.41) is 0. The maximum absolute atomic E-state index is 5.58. The minimum absolute atomic E-state index is 0.0266. The Kier molecular flexibility index (Phi) is 1.31. The third-order valence-electron chi connectivity index (χ3n) is 1.35. The van der Waals surface area contributed by atoms with Crippen molar-refractivity contribution in [2.24, 2.45) is 10.7 Å². The number of hydrogen-bond acceptors (Lipinski definition) is 2. The van der Waals surface area contributed by atoms with Crippen molar-refractivity contribution < 1.29 is 0 Å². The summed E-state index contributed by atoms with van der Waals surface area (Å²) in [6.45, 7) is 4.15. The predicted octanol–water partition coefficient (Wildman–Crippen LogP) is 1.08. The van der Waals surface area contributed by atoms with Gasteiger partial charge in [0.25, 0.3) is 0 Å². The molecular formula is C7H12N2. The third kappa shape index (κ3) is 1.56. The van der Waals surface area contributed by atoms with Crippen LogP contribution >= 0.6 is 0 Å². The Labute approximate surface area is 55.5 Å². The van der Waals surface area contributed by atoms with Crippen molar-refractivity contribution in [3.8, 4) is 0 Å². The average Bonchev–Trinajstić information content (AvgIpc) is 1.60. The summed E-state index contributed by atoms with van der Waals surface area (Å²) in [7, 11) is 0. The van der Waals surface area contributed by atoms with Crippen molar-refractivity contribution in [2.45, 2.75) is 25.8 Å². The Morgan fingerprint density at radius 3 is 2.67 bits per heavy atom. The average molecular weight is 124 g/mol. The highest BCUT2D eigenvalue weighted by molar-refractivity contribution is 5.73. The second-order valence-corrected chi connectivity index (χ2v) is 3.01. The molecular weight excluding hydrogens is 112 g/mol. The van der Waals surface area contributed by atoms with Gasteiger partial charge in [-0.15, -0.1) is 0 Å². The number of aliphatic imine (C=N–C) groups is 1. The van der Waals surface area contributed by atoms with Crippen LogP contribution in [0.15, 0.2) is 16.8 Å². The van der Waals surface area contributed by atoms with Crippen LogP contribution in [0.1, 0.15) is 20.3 Å². The molecule has 0 atom stereocenters. The molecule has 0 spiro atoms. The number of hydrogen-bond donors (Lipinski definition) is 1. The van der Waals surface area contributed by atoms with Crippen LogP contribution in [0.4, 0.5) is 0 Å². The van der Waals surface area contributed by atoms with E-state index in [0.717, 1.165) is 12.1 Å². The van der Waals surface area contributed by atoms with Gasteiger partial charge in [-0.1, -0.05) is 0 Å². The normalized spacial score (nSPS) is 23.6. The summed E-state index contributed by atoms with van der Waals surface area (Å²) in [4.78, 5) is 4.23. The topological polar surface area (TPSA) is 38.4 Å². The Bertz CT molecular complexity index is 166. The lowest BCUT2D eigenvalue weighted by molar-refractivity contribution is 0.513. The van der Waals surface area contributed by atoms with Crippen molar-refractivity contribution in [3.05, 3.63) is 11.8 Å². The highest BCUT2D eigenvalue weighted by atomic mass is 14.8. The van der Waals surface area contributed by atoms with Crippen LogP contribution in [0, 0.1) is 0 Å². The summed E-state index contributed by atoms with van der Waals surface area (Å²) in [5.74, 6) is 0. The number of nitrogens with two attached hydrogens (primary N) is 1. The standard InChI is InChI=1S/C7H12N2/c1-7(2)5-6(8)3-4-9-7/h3-4H,5,8H2,1-2H3. The molecule has 2 nitrogen and oxygen atoms in total. The molecule has 0 aromatic carbocycles. The summed E-state index contributed by atoms with van der Waals surface area (Å²) >= 11 is 0. The molecule has 2 N–H and O–H groups in total. The van der Waals surface area contributed by atoms with Gasteiger partial charge in [0.15, 0.2) is 0 Å². The molecule has 9 heavy (non-hydrogen) atoms. The Balaban J connectivity index is 2.73. The van der Waals surface area contributed by atoms with Gasteiger partial charge in [0.1, 0.15) is 0 Å². The quantitative estimate of drug-likeness (QED) is 0.515. The molecule has 0 saturated heterocycles. The van der Waals surface area contributed by atoms with Gasteiger partial charge in [0, 0.05) is 18.3 Å². The molecule has 0 bridgehead atoms. The second kappa shape index (κ2) is 1.87. The largest absolute Gasteiger partial charge is 0.402 e. The first-order valence-electron chi connectivity index (χ1n) is 3.10. The molecule has 0 aromatic rings. The van der Waals surface area contributed by atoms with Gasteiger partial charge in [0.2, 0.25) is 0 Å². The van der Waals surface area contributed by atoms with E-state index in [4.69, 9.17) is 5.73 Å². The van der Waals surface area contributed by atoms with Gasteiger partial charge in [-0.3, -0.25) is 4.99 Å². The molecule has 1 aliphatic heterocycles. The van der Waals surface area contributed by atoms with E-state index in [1.54, 1.807) is 6.21 Å². The van der Waals surface area contributed by atoms with Gasteiger partial charge in [-0.05, 0) is 19.9 Å². The maximum Gasteiger partial charge on any atom is 0.0606 e. The van der Waals surface area contributed by atoms with Gasteiger partial charge < -0.3 is 5.73 Å². The molecule has 0 aromatic heterocycles. The van der Waals surface area contributed by atoms with Crippen molar-refractivity contribution in [2.75, 3.05) is 0 Å². The van der Waals surface area contributed by atoms with Gasteiger partial charge in [0.05, 0.1) is 5.54 Å². The molecule has 1 heterocycles. The molecule has 0 unspecified atom stereocenters. The van der Waals surface area contributed by atoms with E-state index in [0.29, 0.717) is 0 Å². The molecule has 50 valence electrons. The second-order valence-electron chi connectivity index (χ2n) is 3.01. The van der Waals surface area contributed by atoms with E-state index in [9.17, 15) is 0 Å². The summed E-state index contributed by atoms with van der Waals surface area (Å²) < 4.78 is 0. The van der Waals surface area contributed by atoms with E-state index in [2.05, 4.69) is 18.8 Å². The zero-order valence-electron chi connectivity index (χ0n) is 5.89. The lowest BCUT2D eigenvalue weighted by Crippen LogP contribution is -2.23. The Morgan fingerprint density at radius 2 is 2.33 bits per heavy atom. The van der Waals surface area contributed by atoms with Gasteiger partial charge in [-0.2, -0.15) is 0 Å². The third-order valence-corrected chi connectivity index (χ3v) is 1.35. The number of nitrogens with zero attached hydrogens (tertiary/aromatic N) is 1. The maximum atomic E-state index is 5.58. The van der Waals surface area contributed by atoms with Crippen LogP contribution in [0.2, 0.25) is 0 Å².